The van der Waals surface area contributed by atoms with E-state index >= 15 is 0 Å². The molecule has 5 heteroatoms. The number of carbonyl (C=O) groups is 1. The second-order valence-corrected chi connectivity index (χ2v) is 5.98. The largest absolute Gasteiger partial charge is 0.481 e. The number of rotatable bonds is 5. The fourth-order valence-electron chi connectivity index (χ4n) is 2.00. The number of carboxylic acids is 1. The van der Waals surface area contributed by atoms with Crippen LogP contribution in [0.25, 0.3) is 0 Å². The molecular formula is C10H18O4P+. The maximum absolute atomic E-state index is 11.6. The Labute approximate surface area is 90.5 Å². The summed E-state index contributed by atoms with van der Waals surface area (Å²) < 4.78 is 11.6. The van der Waals surface area contributed by atoms with Crippen molar-refractivity contribution < 1.29 is 19.6 Å². The normalized spacial score (nSPS) is 21.0. The van der Waals surface area contributed by atoms with E-state index in [-0.39, 0.29) is 0 Å². The smallest absolute Gasteiger partial charge is 0.370 e. The molecule has 1 fully saturated rings. The maximum Gasteiger partial charge on any atom is 0.370 e. The number of carboxylic acid groups (broad SMARTS) is 1. The van der Waals surface area contributed by atoms with Gasteiger partial charge < -0.3 is 10.2 Å². The van der Waals surface area contributed by atoms with Gasteiger partial charge in [-0.2, -0.15) is 0 Å². The van der Waals surface area contributed by atoms with Crippen LogP contribution in [0, 0.1) is 5.92 Å². The average molecular weight is 233 g/mol. The van der Waals surface area contributed by atoms with Gasteiger partial charge in [-0.3, -0.25) is 4.79 Å². The first-order valence-corrected chi connectivity index (χ1v) is 6.94. The molecule has 4 nitrogen and oxygen atoms in total. The molecule has 0 spiro atoms. The molecular weight excluding hydrogens is 215 g/mol. The lowest BCUT2D eigenvalue weighted by Crippen LogP contribution is -2.14. The molecule has 0 bridgehead atoms. The molecule has 1 rings (SSSR count). The third kappa shape index (κ3) is 4.72. The van der Waals surface area contributed by atoms with Crippen LogP contribution in [-0.2, 0) is 9.36 Å². The summed E-state index contributed by atoms with van der Waals surface area (Å²) in [5.41, 5.74) is 0. The zero-order chi connectivity index (χ0) is 11.3. The molecule has 2 unspecified atom stereocenters. The Bertz CT molecular complexity index is 236. The Morgan fingerprint density at radius 2 is 1.93 bits per heavy atom. The highest BCUT2D eigenvalue weighted by Gasteiger charge is 2.33. The van der Waals surface area contributed by atoms with Gasteiger partial charge in [-0.15, -0.1) is 0 Å². The number of hydrogen-bond donors (Lipinski definition) is 2. The molecule has 2 atom stereocenters. The van der Waals surface area contributed by atoms with Crippen LogP contribution >= 0.6 is 7.80 Å². The van der Waals surface area contributed by atoms with Crippen molar-refractivity contribution in [3.8, 4) is 0 Å². The van der Waals surface area contributed by atoms with E-state index in [1.807, 2.05) is 0 Å². The second kappa shape index (κ2) is 6.19. The van der Waals surface area contributed by atoms with Gasteiger partial charge >= 0.3 is 13.8 Å². The molecule has 0 aromatic rings. The summed E-state index contributed by atoms with van der Waals surface area (Å²) in [5, 5.41) is 17.8. The summed E-state index contributed by atoms with van der Waals surface area (Å²) in [7, 11) is -1.77. The van der Waals surface area contributed by atoms with Crippen molar-refractivity contribution in [2.45, 2.75) is 44.4 Å². The van der Waals surface area contributed by atoms with Gasteiger partial charge in [0.1, 0.15) is 6.42 Å². The third-order valence-corrected chi connectivity index (χ3v) is 4.58. The van der Waals surface area contributed by atoms with Crippen molar-refractivity contribution in [1.82, 2.24) is 0 Å². The summed E-state index contributed by atoms with van der Waals surface area (Å²) in [6.45, 7) is 0. The van der Waals surface area contributed by atoms with Gasteiger partial charge in [-0.1, -0.05) is 23.8 Å². The molecule has 2 N–H and O–H groups in total. The van der Waals surface area contributed by atoms with E-state index in [0.717, 1.165) is 12.8 Å². The third-order valence-electron chi connectivity index (χ3n) is 2.85. The van der Waals surface area contributed by atoms with Crippen LogP contribution in [0.15, 0.2) is 0 Å². The molecule has 0 heterocycles. The number of hydrogen-bond acceptors (Lipinski definition) is 3. The predicted octanol–water partition coefficient (Wildman–Crippen LogP) is 2.19. The molecule has 0 aliphatic heterocycles. The summed E-state index contributed by atoms with van der Waals surface area (Å²) in [4.78, 5) is 10.3. The van der Waals surface area contributed by atoms with Crippen molar-refractivity contribution in [2.75, 3.05) is 6.16 Å². The second-order valence-electron chi connectivity index (χ2n) is 4.18. The Morgan fingerprint density at radius 3 is 2.47 bits per heavy atom. The molecule has 1 aliphatic rings. The first-order valence-electron chi connectivity index (χ1n) is 5.43. The summed E-state index contributed by atoms with van der Waals surface area (Å²) in [6.07, 6.45) is 5.81. The molecule has 15 heavy (non-hydrogen) atoms. The average Bonchev–Trinajstić information content (AvgIpc) is 2.18. The van der Waals surface area contributed by atoms with Gasteiger partial charge in [0.25, 0.3) is 5.85 Å². The Morgan fingerprint density at radius 1 is 1.33 bits per heavy atom. The Balaban J connectivity index is 2.30. The first kappa shape index (κ1) is 12.6. The van der Waals surface area contributed by atoms with Gasteiger partial charge in [0, 0.05) is 5.92 Å². The van der Waals surface area contributed by atoms with Crippen molar-refractivity contribution >= 4 is 13.8 Å². The SMILES string of the molecule is O=C(O)CC(O)[P+](=O)CC1CCCCC1. The fourth-order valence-corrected chi connectivity index (χ4v) is 3.48. The summed E-state index contributed by atoms with van der Waals surface area (Å²) >= 11 is 0. The lowest BCUT2D eigenvalue weighted by atomic mass is 9.91. The van der Waals surface area contributed by atoms with E-state index in [4.69, 9.17) is 5.11 Å². The highest BCUT2D eigenvalue weighted by atomic mass is 31.1. The minimum Gasteiger partial charge on any atom is -0.481 e. The van der Waals surface area contributed by atoms with Crippen molar-refractivity contribution in [3.63, 3.8) is 0 Å². The quantitative estimate of drug-likeness (QED) is 0.714. The maximum atomic E-state index is 11.6. The summed E-state index contributed by atoms with van der Waals surface area (Å²) in [5.74, 6) is -1.83. The van der Waals surface area contributed by atoms with Gasteiger partial charge in [-0.25, -0.2) is 0 Å². The molecule has 0 saturated heterocycles. The number of aliphatic carboxylic acids is 1. The lowest BCUT2D eigenvalue weighted by Gasteiger charge is -2.17. The van der Waals surface area contributed by atoms with E-state index < -0.39 is 26.0 Å². The van der Waals surface area contributed by atoms with Crippen LogP contribution in [0.3, 0.4) is 0 Å². The lowest BCUT2D eigenvalue weighted by molar-refractivity contribution is -0.138. The van der Waals surface area contributed by atoms with E-state index in [1.54, 1.807) is 0 Å². The van der Waals surface area contributed by atoms with E-state index in [2.05, 4.69) is 0 Å². The Kier molecular flexibility index (Phi) is 5.20. The predicted molar refractivity (Wildman–Crippen MR) is 57.3 cm³/mol. The highest BCUT2D eigenvalue weighted by Crippen LogP contribution is 2.36. The molecule has 86 valence electrons. The van der Waals surface area contributed by atoms with E-state index in [9.17, 15) is 14.5 Å². The first-order chi connectivity index (χ1) is 7.09. The van der Waals surface area contributed by atoms with Gasteiger partial charge in [0.05, 0.1) is 0 Å². The van der Waals surface area contributed by atoms with Gasteiger partial charge in [0.15, 0.2) is 6.16 Å². The molecule has 0 aromatic heterocycles. The van der Waals surface area contributed by atoms with Crippen LogP contribution in [0.5, 0.6) is 0 Å². The minimum atomic E-state index is -1.77. The Hall–Kier alpha value is -0.470. The van der Waals surface area contributed by atoms with Crippen LogP contribution in [0.1, 0.15) is 38.5 Å². The molecule has 0 radical (unpaired) electrons. The van der Waals surface area contributed by atoms with Crippen LogP contribution < -0.4 is 0 Å². The standard InChI is InChI=1S/C10H17O4P/c11-9(12)6-10(13)15(14)7-8-4-2-1-3-5-8/h8,10,13H,1-7H2/p+1. The molecule has 0 aromatic carbocycles. The minimum absolute atomic E-state index is 0.401. The zero-order valence-corrected chi connectivity index (χ0v) is 9.66. The van der Waals surface area contributed by atoms with E-state index in [1.165, 1.54) is 19.3 Å². The molecule has 1 saturated carbocycles. The number of aliphatic hydroxyl groups is 1. The fraction of sp³-hybridized carbons (Fsp3) is 0.900. The topological polar surface area (TPSA) is 74.6 Å². The molecule has 0 amide bonds. The van der Waals surface area contributed by atoms with Crippen LogP contribution in [-0.4, -0.2) is 28.2 Å². The monoisotopic (exact) mass is 233 g/mol. The number of aliphatic hydroxyl groups excluding tert-OH is 1. The molecule has 1 aliphatic carbocycles. The van der Waals surface area contributed by atoms with Gasteiger partial charge in [0.2, 0.25) is 0 Å². The van der Waals surface area contributed by atoms with Crippen molar-refractivity contribution in [2.24, 2.45) is 5.92 Å². The van der Waals surface area contributed by atoms with Crippen LogP contribution in [0.2, 0.25) is 0 Å². The zero-order valence-electron chi connectivity index (χ0n) is 8.76. The van der Waals surface area contributed by atoms with Crippen molar-refractivity contribution in [3.05, 3.63) is 0 Å². The highest BCUT2D eigenvalue weighted by molar-refractivity contribution is 7.45. The van der Waals surface area contributed by atoms with Crippen molar-refractivity contribution in [1.29, 1.82) is 0 Å². The van der Waals surface area contributed by atoms with Crippen LogP contribution in [0.4, 0.5) is 0 Å². The van der Waals surface area contributed by atoms with E-state index in [0.29, 0.717) is 12.1 Å². The summed E-state index contributed by atoms with van der Waals surface area (Å²) in [6, 6.07) is 0. The van der Waals surface area contributed by atoms with Gasteiger partial charge in [-0.05, 0) is 12.8 Å².